The normalized spacial score (nSPS) is 33.5. The number of nitrogens with one attached hydrogen (secondary N) is 1. The van der Waals surface area contributed by atoms with E-state index in [2.05, 4.69) is 10.3 Å². The number of carbonyl (C=O) groups is 1. The van der Waals surface area contributed by atoms with Crippen LogP contribution in [0.4, 0.5) is 10.6 Å². The number of phosphoric acid groups is 1. The summed E-state index contributed by atoms with van der Waals surface area (Å²) in [6.45, 7) is -0.837. The highest BCUT2D eigenvalue weighted by atomic mass is 31.2. The van der Waals surface area contributed by atoms with Crippen molar-refractivity contribution in [1.82, 2.24) is 14.9 Å². The Balaban J connectivity index is 1.45. The van der Waals surface area contributed by atoms with E-state index in [1.807, 2.05) is 0 Å². The van der Waals surface area contributed by atoms with Crippen molar-refractivity contribution >= 4 is 19.7 Å². The van der Waals surface area contributed by atoms with E-state index in [0.29, 0.717) is 5.56 Å². The molecule has 3 heterocycles. The highest BCUT2D eigenvalue weighted by Gasteiger charge is 2.47. The van der Waals surface area contributed by atoms with Gasteiger partial charge in [-0.25, -0.2) is 14.2 Å². The van der Waals surface area contributed by atoms with E-state index in [0.717, 1.165) is 4.57 Å². The molecular formula is C19H23N4O10P. The van der Waals surface area contributed by atoms with E-state index in [-0.39, 0.29) is 12.4 Å². The Morgan fingerprint density at radius 3 is 2.68 bits per heavy atom. The number of rotatable bonds is 6. The van der Waals surface area contributed by atoms with Gasteiger partial charge in [-0.3, -0.25) is 18.1 Å². The number of hydrogen-bond acceptors (Lipinski definition) is 11. The summed E-state index contributed by atoms with van der Waals surface area (Å²) in [5.74, 6) is -0.0254. The lowest BCUT2D eigenvalue weighted by Gasteiger charge is -2.35. The van der Waals surface area contributed by atoms with Gasteiger partial charge < -0.3 is 31.1 Å². The van der Waals surface area contributed by atoms with Crippen LogP contribution in [0.3, 0.4) is 0 Å². The summed E-state index contributed by atoms with van der Waals surface area (Å²) in [7, 11) is -4.23. The van der Waals surface area contributed by atoms with Crippen LogP contribution in [0.2, 0.25) is 0 Å². The quantitative estimate of drug-likeness (QED) is 0.334. The molecule has 0 spiro atoms. The topological polar surface area (TPSA) is 205 Å². The van der Waals surface area contributed by atoms with Gasteiger partial charge in [0.25, 0.3) is 0 Å². The highest BCUT2D eigenvalue weighted by Crippen LogP contribution is 2.57. The fourth-order valence-electron chi connectivity index (χ4n) is 3.66. The van der Waals surface area contributed by atoms with Gasteiger partial charge in [0, 0.05) is 6.20 Å². The van der Waals surface area contributed by atoms with Crippen molar-refractivity contribution in [3.63, 3.8) is 0 Å². The maximum atomic E-state index is 13.1. The third-order valence-corrected chi connectivity index (χ3v) is 6.73. The summed E-state index contributed by atoms with van der Waals surface area (Å²) in [6.07, 6.45) is -6.56. The lowest BCUT2D eigenvalue weighted by Crippen LogP contribution is -2.45. The third kappa shape index (κ3) is 5.13. The Bertz CT molecular complexity index is 1130. The monoisotopic (exact) mass is 498 g/mol. The SMILES string of the molecule is Nc1ccn(C2OC(CO[P@@]3(=O)OC[C@H](NC(=O)O)[C@@H](c4ccccc4)O3)C(O)C2O)c(=O)n1. The van der Waals surface area contributed by atoms with Crippen molar-refractivity contribution in [2.75, 3.05) is 18.9 Å². The largest absolute Gasteiger partial charge is 0.475 e. The number of nitrogens with zero attached hydrogens (tertiary/aromatic N) is 2. The molecule has 7 atom stereocenters. The minimum atomic E-state index is -4.23. The predicted octanol–water partition coefficient (Wildman–Crippen LogP) is -0.00630. The van der Waals surface area contributed by atoms with Gasteiger partial charge in [0.1, 0.15) is 30.2 Å². The maximum Gasteiger partial charge on any atom is 0.475 e. The van der Waals surface area contributed by atoms with Crippen LogP contribution in [0.5, 0.6) is 0 Å². The fraction of sp³-hybridized carbons (Fsp3) is 0.421. The van der Waals surface area contributed by atoms with Crippen LogP contribution in [-0.4, -0.2) is 68.5 Å². The third-order valence-electron chi connectivity index (χ3n) is 5.32. The number of carboxylic acid groups (broad SMARTS) is 1. The van der Waals surface area contributed by atoms with E-state index < -0.39 is 62.9 Å². The molecule has 0 aliphatic carbocycles. The van der Waals surface area contributed by atoms with Gasteiger partial charge >= 0.3 is 19.6 Å². The van der Waals surface area contributed by atoms with E-state index >= 15 is 0 Å². The van der Waals surface area contributed by atoms with E-state index in [4.69, 9.17) is 29.1 Å². The molecular weight excluding hydrogens is 475 g/mol. The smallest absolute Gasteiger partial charge is 0.465 e. The van der Waals surface area contributed by atoms with Crippen LogP contribution in [0.25, 0.3) is 0 Å². The molecule has 0 bridgehead atoms. The molecule has 2 saturated heterocycles. The molecule has 0 saturated carbocycles. The highest BCUT2D eigenvalue weighted by molar-refractivity contribution is 7.48. The molecule has 1 aromatic heterocycles. The van der Waals surface area contributed by atoms with Crippen molar-refractivity contribution < 1.29 is 43.0 Å². The molecule has 0 radical (unpaired) electrons. The number of benzene rings is 1. The first-order valence-electron chi connectivity index (χ1n) is 10.1. The van der Waals surface area contributed by atoms with Crippen molar-refractivity contribution in [2.24, 2.45) is 0 Å². The van der Waals surface area contributed by atoms with E-state index in [1.54, 1.807) is 30.3 Å². The van der Waals surface area contributed by atoms with E-state index in [1.165, 1.54) is 12.3 Å². The first-order valence-corrected chi connectivity index (χ1v) is 11.6. The molecule has 2 fully saturated rings. The number of nitrogens with two attached hydrogens (primary N) is 1. The van der Waals surface area contributed by atoms with Crippen LogP contribution in [0.15, 0.2) is 47.4 Å². The molecule has 2 aliphatic rings. The summed E-state index contributed by atoms with van der Waals surface area (Å²) in [5, 5.41) is 32.0. The van der Waals surface area contributed by atoms with Crippen molar-refractivity contribution in [3.05, 3.63) is 58.6 Å². The second-order valence-electron chi connectivity index (χ2n) is 7.62. The number of aromatic nitrogens is 2. The zero-order chi connectivity index (χ0) is 24.5. The lowest BCUT2D eigenvalue weighted by molar-refractivity contribution is -0.0633. The maximum absolute atomic E-state index is 13.1. The lowest BCUT2D eigenvalue weighted by atomic mass is 10.0. The number of aliphatic hydroxyl groups excluding tert-OH is 2. The second kappa shape index (κ2) is 9.80. The van der Waals surface area contributed by atoms with Gasteiger partial charge in [-0.2, -0.15) is 4.98 Å². The zero-order valence-electron chi connectivity index (χ0n) is 17.5. The Kier molecular flexibility index (Phi) is 7.00. The zero-order valence-corrected chi connectivity index (χ0v) is 18.4. The molecule has 6 N–H and O–H groups in total. The first kappa shape index (κ1) is 24.3. The number of phosphoric ester groups is 1. The number of aliphatic hydroxyl groups is 2. The average Bonchev–Trinajstić information content (AvgIpc) is 3.08. The predicted molar refractivity (Wildman–Crippen MR) is 114 cm³/mol. The molecule has 4 unspecified atom stereocenters. The summed E-state index contributed by atoms with van der Waals surface area (Å²) in [4.78, 5) is 26.7. The molecule has 34 heavy (non-hydrogen) atoms. The van der Waals surface area contributed by atoms with Gasteiger partial charge in [-0.05, 0) is 11.6 Å². The van der Waals surface area contributed by atoms with Crippen LogP contribution >= 0.6 is 7.82 Å². The van der Waals surface area contributed by atoms with Crippen LogP contribution in [-0.2, 0) is 22.9 Å². The fourth-order valence-corrected chi connectivity index (χ4v) is 5.08. The van der Waals surface area contributed by atoms with Gasteiger partial charge in [0.05, 0.1) is 19.3 Å². The molecule has 4 rings (SSSR count). The summed E-state index contributed by atoms with van der Waals surface area (Å²) in [5.41, 5.74) is 5.20. The minimum absolute atomic E-state index is 0.0254. The van der Waals surface area contributed by atoms with Crippen LogP contribution in [0, 0.1) is 0 Å². The molecule has 15 heteroatoms. The molecule has 184 valence electrons. The summed E-state index contributed by atoms with van der Waals surface area (Å²) in [6, 6.07) is 8.95. The molecule has 1 aromatic carbocycles. The number of ether oxygens (including phenoxy) is 1. The molecule has 14 nitrogen and oxygen atoms in total. The minimum Gasteiger partial charge on any atom is -0.465 e. The number of nitrogen functional groups attached to an aromatic ring is 1. The Hall–Kier alpha value is -2.84. The summed E-state index contributed by atoms with van der Waals surface area (Å²) >= 11 is 0. The molecule has 1 amide bonds. The molecule has 2 aromatic rings. The van der Waals surface area contributed by atoms with E-state index in [9.17, 15) is 24.4 Å². The van der Waals surface area contributed by atoms with Gasteiger partial charge in [-0.1, -0.05) is 30.3 Å². The Labute approximate surface area is 192 Å². The van der Waals surface area contributed by atoms with Crippen LogP contribution in [0.1, 0.15) is 17.9 Å². The number of amides is 1. The number of anilines is 1. The summed E-state index contributed by atoms with van der Waals surface area (Å²) < 4.78 is 35.7. The van der Waals surface area contributed by atoms with Gasteiger partial charge in [0.2, 0.25) is 0 Å². The van der Waals surface area contributed by atoms with Crippen LogP contribution < -0.4 is 16.7 Å². The average molecular weight is 498 g/mol. The Morgan fingerprint density at radius 1 is 1.26 bits per heavy atom. The van der Waals surface area contributed by atoms with Gasteiger partial charge in [-0.15, -0.1) is 0 Å². The van der Waals surface area contributed by atoms with Crippen molar-refractivity contribution in [1.29, 1.82) is 0 Å². The standard InChI is InChI=1S/C19H23N4O10P/c20-13-6-7-23(18(26)22-13)17-15(25)14(24)12(32-17)9-31-34(29)30-8-11(21-19(27)28)16(33-34)10-4-2-1-3-5-10/h1-7,11-12,14-17,21,24-25H,8-9H2,(H,27,28)(H2,20,22,26)/t11-,12?,14?,15?,16+,17?,34+/m0/s1. The molecule has 2 aliphatic heterocycles. The van der Waals surface area contributed by atoms with Crippen molar-refractivity contribution in [3.8, 4) is 0 Å². The first-order chi connectivity index (χ1) is 16.2. The number of hydrogen-bond donors (Lipinski definition) is 5. The Morgan fingerprint density at radius 2 is 2.00 bits per heavy atom. The van der Waals surface area contributed by atoms with Gasteiger partial charge in [0.15, 0.2) is 6.23 Å². The van der Waals surface area contributed by atoms with Crippen molar-refractivity contribution in [2.45, 2.75) is 36.7 Å². The second-order valence-corrected chi connectivity index (χ2v) is 9.24.